The Morgan fingerprint density at radius 2 is 1.70 bits per heavy atom. The number of nitrogens with one attached hydrogen (secondary N) is 1. The lowest BCUT2D eigenvalue weighted by atomic mass is 10.1. The van der Waals surface area contributed by atoms with Gasteiger partial charge in [0.1, 0.15) is 30.2 Å². The number of imidazole rings is 1. The minimum absolute atomic E-state index is 0.0556. The smallest absolute Gasteiger partial charge is 0.261 e. The van der Waals surface area contributed by atoms with Gasteiger partial charge < -0.3 is 28.4 Å². The molecular weight excluding hydrogens is 691 g/mol. The topological polar surface area (TPSA) is 128 Å². The molecular formula is C31H50ClN6O5PSSi2. The number of benzene rings is 1. The average molecular weight is 741 g/mol. The molecule has 2 aliphatic heterocycles. The van der Waals surface area contributed by atoms with Crippen molar-refractivity contribution in [3.8, 4) is 0 Å². The van der Waals surface area contributed by atoms with Crippen LogP contribution in [0.25, 0.3) is 11.2 Å². The van der Waals surface area contributed by atoms with E-state index in [1.165, 1.54) is 6.33 Å². The van der Waals surface area contributed by atoms with Crippen LogP contribution in [0.4, 0.5) is 5.82 Å². The maximum Gasteiger partial charge on any atom is 0.261 e. The second-order valence-electron chi connectivity index (χ2n) is 15.5. The molecule has 0 aliphatic carbocycles. The van der Waals surface area contributed by atoms with Gasteiger partial charge in [-0.05, 0) is 65.8 Å². The van der Waals surface area contributed by atoms with Gasteiger partial charge in [-0.1, -0.05) is 65.3 Å². The molecule has 11 nitrogen and oxygen atoms in total. The molecule has 0 amide bonds. The Bertz CT molecular complexity index is 1630. The van der Waals surface area contributed by atoms with E-state index in [-0.39, 0.29) is 16.2 Å². The molecule has 260 valence electrons. The van der Waals surface area contributed by atoms with Crippen molar-refractivity contribution in [1.82, 2.24) is 24.6 Å². The van der Waals surface area contributed by atoms with E-state index >= 15 is 0 Å². The van der Waals surface area contributed by atoms with Gasteiger partial charge in [0.2, 0.25) is 0 Å². The van der Waals surface area contributed by atoms with Crippen molar-refractivity contribution < 1.29 is 22.6 Å². The summed E-state index contributed by atoms with van der Waals surface area (Å²) in [5.41, 5.74) is 8.25. The first kappa shape index (κ1) is 37.0. The molecule has 0 spiro atoms. The van der Waals surface area contributed by atoms with Crippen LogP contribution in [-0.4, -0.2) is 67.6 Å². The summed E-state index contributed by atoms with van der Waals surface area (Å²) in [6, 6.07) is 7.69. The molecule has 2 saturated heterocycles. The molecule has 2 unspecified atom stereocenters. The maximum atomic E-state index is 7.25. The van der Waals surface area contributed by atoms with Gasteiger partial charge in [-0.2, -0.15) is 0 Å². The summed E-state index contributed by atoms with van der Waals surface area (Å²) in [5.74, 6) is 0.305. The number of anilines is 1. The van der Waals surface area contributed by atoms with Gasteiger partial charge in [0.15, 0.2) is 34.3 Å². The number of nitrogen functional groups attached to an aromatic ring is 1. The van der Waals surface area contributed by atoms with Crippen molar-refractivity contribution in [1.29, 1.82) is 0 Å². The third kappa shape index (κ3) is 7.88. The Balaban J connectivity index is 1.51. The summed E-state index contributed by atoms with van der Waals surface area (Å²) < 4.78 is 35.9. The van der Waals surface area contributed by atoms with Crippen molar-refractivity contribution in [2.75, 3.05) is 18.9 Å². The van der Waals surface area contributed by atoms with E-state index in [2.05, 4.69) is 87.8 Å². The third-order valence-corrected chi connectivity index (χ3v) is 21.8. The van der Waals surface area contributed by atoms with Crippen LogP contribution in [0.5, 0.6) is 0 Å². The number of nitrogens with zero attached hydrogens (tertiary/aromatic N) is 4. The van der Waals surface area contributed by atoms with E-state index in [1.54, 1.807) is 6.33 Å². The molecule has 1 aromatic carbocycles. The predicted molar refractivity (Wildman–Crippen MR) is 196 cm³/mol. The molecule has 0 saturated carbocycles. The number of ether oxygens (including phenoxy) is 1. The van der Waals surface area contributed by atoms with Crippen molar-refractivity contribution in [3.63, 3.8) is 0 Å². The number of nitrogens with two attached hydrogens (primary N) is 1. The Labute approximate surface area is 291 Å². The molecule has 6 atom stereocenters. The first-order valence-electron chi connectivity index (χ1n) is 16.1. The Morgan fingerprint density at radius 1 is 1.04 bits per heavy atom. The quantitative estimate of drug-likeness (QED) is 0.165. The standard InChI is InChI=1S/C31H50ClN6O5PSSi2/c1-30(2,3)46(7,8)42-25-23(17-37-44(45)39-15-14-22(41-44)20-12-11-13-21(32)16-20)40-29(26(25)43-47(9,10)31(4,5)6)38-19-36-24-27(33)34-18-35-28(24)38/h11-13,16,18-19,22-23,25-26,29H,14-15,17H2,1-10H3,(H,37,45)(H2,33,34,35)/t22?,23-,25-,26-,29-,44?/m1/s1. The summed E-state index contributed by atoms with van der Waals surface area (Å²) in [7, 11) is -4.68. The minimum atomic E-state index is -2.90. The van der Waals surface area contributed by atoms with Crippen LogP contribution in [0.2, 0.25) is 41.3 Å². The molecule has 16 heteroatoms. The van der Waals surface area contributed by atoms with Crippen molar-refractivity contribution in [2.45, 2.75) is 115 Å². The van der Waals surface area contributed by atoms with Crippen LogP contribution in [0.3, 0.4) is 0 Å². The first-order valence-corrected chi connectivity index (χ1v) is 24.9. The predicted octanol–water partition coefficient (Wildman–Crippen LogP) is 7.73. The SMILES string of the molecule is CC(C)(C)[Si](C)(C)O[C@@H]1[C@H](O[Si](C)(C)C(C)(C)C)[C@@H](CNP2(=S)OCCC(c3cccc(Cl)c3)O2)O[C@H]1n1cnc2c(N)ncnc21. The highest BCUT2D eigenvalue weighted by Gasteiger charge is 2.54. The van der Waals surface area contributed by atoms with Gasteiger partial charge in [-0.15, -0.1) is 0 Å². The summed E-state index contributed by atoms with van der Waals surface area (Å²) in [6.45, 7) is 20.3. The Kier molecular flexibility index (Phi) is 10.6. The zero-order valence-corrected chi connectivity index (χ0v) is 33.6. The molecule has 2 fully saturated rings. The summed E-state index contributed by atoms with van der Waals surface area (Å²) in [5, 5.41) is 4.02. The molecule has 47 heavy (non-hydrogen) atoms. The van der Waals surface area contributed by atoms with Crippen molar-refractivity contribution in [3.05, 3.63) is 47.5 Å². The second-order valence-corrected chi connectivity index (χ2v) is 28.6. The number of fused-ring (bicyclic) bond motifs is 1. The highest BCUT2D eigenvalue weighted by atomic mass is 35.5. The molecule has 3 aromatic rings. The minimum Gasteiger partial charge on any atom is -0.408 e. The first-order chi connectivity index (χ1) is 21.7. The van der Waals surface area contributed by atoms with E-state index < -0.39 is 47.8 Å². The summed E-state index contributed by atoms with van der Waals surface area (Å²) in [6.07, 6.45) is 1.63. The van der Waals surface area contributed by atoms with E-state index in [1.807, 2.05) is 28.8 Å². The lowest BCUT2D eigenvalue weighted by Gasteiger charge is -2.44. The van der Waals surface area contributed by atoms with Crippen LogP contribution in [0.15, 0.2) is 36.9 Å². The number of hydrogen-bond acceptors (Lipinski definition) is 10. The van der Waals surface area contributed by atoms with E-state index in [9.17, 15) is 0 Å². The monoisotopic (exact) mass is 740 g/mol. The van der Waals surface area contributed by atoms with E-state index in [0.717, 1.165) is 5.56 Å². The molecule has 4 heterocycles. The summed E-state index contributed by atoms with van der Waals surface area (Å²) in [4.78, 5) is 13.2. The van der Waals surface area contributed by atoms with Crippen LogP contribution >= 0.6 is 18.2 Å². The highest BCUT2D eigenvalue weighted by Crippen LogP contribution is 2.54. The lowest BCUT2D eigenvalue weighted by molar-refractivity contribution is -0.0302. The van der Waals surface area contributed by atoms with Gasteiger partial charge in [0, 0.05) is 18.0 Å². The molecule has 0 radical (unpaired) electrons. The van der Waals surface area contributed by atoms with Crippen molar-refractivity contribution in [2.24, 2.45) is 0 Å². The fourth-order valence-corrected chi connectivity index (χ4v) is 10.3. The maximum absolute atomic E-state index is 7.25. The Morgan fingerprint density at radius 3 is 2.34 bits per heavy atom. The molecule has 3 N–H and O–H groups in total. The van der Waals surface area contributed by atoms with Crippen molar-refractivity contribution >= 4 is 63.7 Å². The van der Waals surface area contributed by atoms with Gasteiger partial charge in [0.25, 0.3) is 6.64 Å². The van der Waals surface area contributed by atoms with Gasteiger partial charge in [-0.25, -0.2) is 20.0 Å². The summed E-state index contributed by atoms with van der Waals surface area (Å²) >= 11 is 12.3. The Hall–Kier alpha value is -1.30. The van der Waals surface area contributed by atoms with Crippen LogP contribution in [0, 0.1) is 0 Å². The zero-order valence-electron chi connectivity index (χ0n) is 29.1. The molecule has 2 aromatic heterocycles. The number of hydrogen-bond donors (Lipinski definition) is 2. The second kappa shape index (κ2) is 13.4. The van der Waals surface area contributed by atoms with Crippen LogP contribution < -0.4 is 10.8 Å². The normalized spacial score (nSPS) is 27.9. The average Bonchev–Trinajstić information content (AvgIpc) is 3.52. The van der Waals surface area contributed by atoms with Gasteiger partial charge in [-0.3, -0.25) is 4.57 Å². The molecule has 5 rings (SSSR count). The number of aromatic nitrogens is 4. The molecule has 2 aliphatic rings. The fourth-order valence-electron chi connectivity index (χ4n) is 5.20. The fraction of sp³-hybridized carbons (Fsp3) is 0.645. The van der Waals surface area contributed by atoms with Crippen LogP contribution in [-0.2, 0) is 34.4 Å². The molecule has 0 bridgehead atoms. The largest absolute Gasteiger partial charge is 0.408 e. The van der Waals surface area contributed by atoms with E-state index in [0.29, 0.717) is 41.6 Å². The lowest BCUT2D eigenvalue weighted by Crippen LogP contribution is -2.54. The number of halogens is 1. The third-order valence-electron chi connectivity index (χ3n) is 10.0. The zero-order chi connectivity index (χ0) is 34.6. The number of rotatable bonds is 9. The van der Waals surface area contributed by atoms with Crippen LogP contribution in [0.1, 0.15) is 65.9 Å². The van der Waals surface area contributed by atoms with E-state index in [4.69, 9.17) is 51.8 Å². The van der Waals surface area contributed by atoms with Gasteiger partial charge >= 0.3 is 0 Å². The highest BCUT2D eigenvalue weighted by molar-refractivity contribution is 8.09. The van der Waals surface area contributed by atoms with Gasteiger partial charge in [0.05, 0.1) is 19.0 Å².